The van der Waals surface area contributed by atoms with Crippen LogP contribution in [0.15, 0.2) is 0 Å². The first-order valence-electron chi connectivity index (χ1n) is 2.89. The van der Waals surface area contributed by atoms with Gasteiger partial charge in [-0.15, -0.1) is 24.8 Å². The van der Waals surface area contributed by atoms with E-state index in [-0.39, 0.29) is 85.6 Å². The van der Waals surface area contributed by atoms with Gasteiger partial charge >= 0.3 is 60.8 Å². The quantitative estimate of drug-likeness (QED) is 0.642. The SMILES string of the molecule is CC(C)NC(C)C.Cl.Cl.[LiH].[LiH].[MgH2]. The van der Waals surface area contributed by atoms with Crippen LogP contribution in [0.3, 0.4) is 0 Å². The molecule has 0 aliphatic rings. The van der Waals surface area contributed by atoms with E-state index in [0.717, 1.165) is 0 Å². The molecule has 1 N–H and O–H groups in total. The van der Waals surface area contributed by atoms with E-state index in [1.54, 1.807) is 0 Å². The summed E-state index contributed by atoms with van der Waals surface area (Å²) in [6, 6.07) is 1.25. The van der Waals surface area contributed by atoms with E-state index < -0.39 is 0 Å². The number of rotatable bonds is 2. The van der Waals surface area contributed by atoms with Crippen molar-refractivity contribution in [1.29, 1.82) is 0 Å². The Morgan fingerprint density at radius 1 is 0.750 bits per heavy atom. The van der Waals surface area contributed by atoms with Crippen LogP contribution >= 0.6 is 24.8 Å². The summed E-state index contributed by atoms with van der Waals surface area (Å²) in [5.41, 5.74) is 0. The average Bonchev–Trinajstić information content (AvgIpc) is 1.27. The summed E-state index contributed by atoms with van der Waals surface area (Å²) >= 11 is 0. The molecule has 0 saturated heterocycles. The van der Waals surface area contributed by atoms with Crippen LogP contribution in [0.5, 0.6) is 0 Å². The summed E-state index contributed by atoms with van der Waals surface area (Å²) in [5, 5.41) is 3.31. The van der Waals surface area contributed by atoms with Crippen LogP contribution in [0.1, 0.15) is 27.7 Å². The van der Waals surface area contributed by atoms with Crippen molar-refractivity contribution in [3.05, 3.63) is 0 Å². The molecule has 0 aromatic rings. The zero-order valence-corrected chi connectivity index (χ0v) is 8.10. The van der Waals surface area contributed by atoms with E-state index >= 15 is 0 Å². The molecule has 68 valence electrons. The Labute approximate surface area is 129 Å². The van der Waals surface area contributed by atoms with Crippen molar-refractivity contribution in [2.45, 2.75) is 39.8 Å². The van der Waals surface area contributed by atoms with Crippen LogP contribution < -0.4 is 5.32 Å². The van der Waals surface area contributed by atoms with Gasteiger partial charge in [0.1, 0.15) is 0 Å². The van der Waals surface area contributed by atoms with Gasteiger partial charge in [0, 0.05) is 12.1 Å². The van der Waals surface area contributed by atoms with Crippen molar-refractivity contribution < 1.29 is 0 Å². The number of hydrogen-bond acceptors (Lipinski definition) is 1. The topological polar surface area (TPSA) is 12.0 Å². The largest absolute Gasteiger partial charge is 0.316 e. The van der Waals surface area contributed by atoms with Crippen LogP contribution in [0.4, 0.5) is 0 Å². The first kappa shape index (κ1) is 36.6. The third-order valence-electron chi connectivity index (χ3n) is 0.667. The van der Waals surface area contributed by atoms with Gasteiger partial charge in [-0.2, -0.15) is 0 Å². The molecule has 0 rings (SSSR count). The molecule has 1 nitrogen and oxygen atoms in total. The molecule has 0 heterocycles. The van der Waals surface area contributed by atoms with Crippen LogP contribution in [0, 0.1) is 0 Å². The Bertz CT molecular complexity index is 52.8. The smallest absolute Gasteiger partial charge is 0.316 e. The molecule has 0 bridgehead atoms. The van der Waals surface area contributed by atoms with Crippen LogP contribution in [0.2, 0.25) is 0 Å². The van der Waals surface area contributed by atoms with Gasteiger partial charge in [-0.25, -0.2) is 0 Å². The molecule has 0 aromatic carbocycles. The molecule has 0 unspecified atom stereocenters. The average molecular weight is 216 g/mol. The van der Waals surface area contributed by atoms with E-state index in [9.17, 15) is 0 Å². The summed E-state index contributed by atoms with van der Waals surface area (Å²) in [7, 11) is 0. The molecular weight excluding hydrogens is 195 g/mol. The first-order valence-corrected chi connectivity index (χ1v) is 2.89. The van der Waals surface area contributed by atoms with Gasteiger partial charge in [-0.3, -0.25) is 0 Å². The first-order chi connectivity index (χ1) is 3.13. The minimum absolute atomic E-state index is 0. The van der Waals surface area contributed by atoms with Crippen LogP contribution in [-0.4, -0.2) is 72.9 Å². The second-order valence-corrected chi connectivity index (χ2v) is 2.48. The molecule has 0 aliphatic carbocycles. The van der Waals surface area contributed by atoms with E-state index in [1.165, 1.54) is 0 Å². The molecule has 0 saturated carbocycles. The molecule has 0 aliphatic heterocycles. The van der Waals surface area contributed by atoms with Crippen molar-refractivity contribution >= 4 is 85.6 Å². The summed E-state index contributed by atoms with van der Waals surface area (Å²) in [6.07, 6.45) is 0. The molecule has 0 aromatic heterocycles. The van der Waals surface area contributed by atoms with Crippen molar-refractivity contribution in [1.82, 2.24) is 5.32 Å². The third kappa shape index (κ3) is 39.1. The standard InChI is InChI=1S/C6H15N.2ClH.2Li.Mg.4H/c1-5(2)7-6(3)4;;;;;;;;;/h5-7H,1-4H3;2*1H;;;;;;;. The zero-order valence-electron chi connectivity index (χ0n) is 6.47. The second kappa shape index (κ2) is 23.4. The predicted octanol–water partition coefficient (Wildman–Crippen LogP) is 0.0232. The van der Waals surface area contributed by atoms with E-state index in [0.29, 0.717) is 12.1 Å². The molecule has 12 heavy (non-hydrogen) atoms. The summed E-state index contributed by atoms with van der Waals surface area (Å²) in [4.78, 5) is 0. The zero-order chi connectivity index (χ0) is 5.86. The van der Waals surface area contributed by atoms with Crippen molar-refractivity contribution in [2.24, 2.45) is 0 Å². The molecule has 0 radical (unpaired) electrons. The summed E-state index contributed by atoms with van der Waals surface area (Å²) < 4.78 is 0. The summed E-state index contributed by atoms with van der Waals surface area (Å²) in [6.45, 7) is 8.61. The molecule has 0 atom stereocenters. The molecule has 0 spiro atoms. The Morgan fingerprint density at radius 3 is 0.917 bits per heavy atom. The fraction of sp³-hybridized carbons (Fsp3) is 1.00. The fourth-order valence-corrected chi connectivity index (χ4v) is 0.667. The van der Waals surface area contributed by atoms with Gasteiger partial charge in [-0.05, 0) is 0 Å². The van der Waals surface area contributed by atoms with E-state index in [1.807, 2.05) is 0 Å². The Balaban J connectivity index is -0.0000000180. The molecular formula is C6H21Cl2Li2MgN. The molecule has 0 amide bonds. The maximum Gasteiger partial charge on any atom is 0.316 e. The Kier molecular flexibility index (Phi) is 71.2. The predicted molar refractivity (Wildman–Crippen MR) is 70.7 cm³/mol. The van der Waals surface area contributed by atoms with Gasteiger partial charge in [0.2, 0.25) is 0 Å². The molecule has 0 fully saturated rings. The van der Waals surface area contributed by atoms with Crippen molar-refractivity contribution in [3.8, 4) is 0 Å². The van der Waals surface area contributed by atoms with Gasteiger partial charge in [0.25, 0.3) is 0 Å². The Hall–Kier alpha value is 2.50. The van der Waals surface area contributed by atoms with Crippen molar-refractivity contribution in [3.63, 3.8) is 0 Å². The van der Waals surface area contributed by atoms with Crippen molar-refractivity contribution in [2.75, 3.05) is 0 Å². The van der Waals surface area contributed by atoms with Gasteiger partial charge in [0.05, 0.1) is 0 Å². The van der Waals surface area contributed by atoms with E-state index in [4.69, 9.17) is 0 Å². The minimum Gasteiger partial charge on any atom is 0.316 e. The van der Waals surface area contributed by atoms with Crippen LogP contribution in [-0.2, 0) is 0 Å². The summed E-state index contributed by atoms with van der Waals surface area (Å²) in [5.74, 6) is 0. The Morgan fingerprint density at radius 2 is 0.917 bits per heavy atom. The molecule has 6 heteroatoms. The fourth-order valence-electron chi connectivity index (χ4n) is 0.667. The number of hydrogen-bond donors (Lipinski definition) is 1. The van der Waals surface area contributed by atoms with Gasteiger partial charge in [-0.1, -0.05) is 27.7 Å². The van der Waals surface area contributed by atoms with Gasteiger partial charge < -0.3 is 5.32 Å². The minimum atomic E-state index is 0. The number of nitrogens with one attached hydrogen (secondary N) is 1. The van der Waals surface area contributed by atoms with Gasteiger partial charge in [0.15, 0.2) is 0 Å². The monoisotopic (exact) mass is 215 g/mol. The normalized spacial score (nSPS) is 6.50. The maximum atomic E-state index is 3.31. The van der Waals surface area contributed by atoms with E-state index in [2.05, 4.69) is 33.0 Å². The third-order valence-corrected chi connectivity index (χ3v) is 0.667. The number of halogens is 2. The maximum absolute atomic E-state index is 3.31. The van der Waals surface area contributed by atoms with Crippen LogP contribution in [0.25, 0.3) is 0 Å². The second-order valence-electron chi connectivity index (χ2n) is 2.48.